The number of fused-ring (bicyclic) bond motifs is 1. The van der Waals surface area contributed by atoms with Gasteiger partial charge in [-0.25, -0.2) is 4.39 Å². The molecule has 21 heavy (non-hydrogen) atoms. The Kier molecular flexibility index (Phi) is 3.68. The highest BCUT2D eigenvalue weighted by molar-refractivity contribution is 9.10. The molecule has 0 unspecified atom stereocenters. The largest absolute Gasteiger partial charge is 0.398 e. The molecule has 2 aromatic rings. The molecule has 0 saturated heterocycles. The number of amides is 1. The van der Waals surface area contributed by atoms with Crippen LogP contribution in [0.1, 0.15) is 22.3 Å². The van der Waals surface area contributed by atoms with E-state index in [-0.39, 0.29) is 11.5 Å². The highest BCUT2D eigenvalue weighted by Crippen LogP contribution is 2.32. The fourth-order valence-corrected chi connectivity index (χ4v) is 3.03. The van der Waals surface area contributed by atoms with Gasteiger partial charge in [-0.3, -0.25) is 4.79 Å². The summed E-state index contributed by atoms with van der Waals surface area (Å²) in [6.07, 6.45) is 1.66. The third-order valence-corrected chi connectivity index (χ3v) is 4.18. The van der Waals surface area contributed by atoms with Gasteiger partial charge in [0.15, 0.2) is 0 Å². The Morgan fingerprint density at radius 1 is 1.29 bits per heavy atom. The molecule has 2 aromatic carbocycles. The van der Waals surface area contributed by atoms with Crippen molar-refractivity contribution in [1.29, 1.82) is 0 Å². The van der Waals surface area contributed by atoms with Crippen LogP contribution in [0.15, 0.2) is 40.9 Å². The molecule has 0 radical (unpaired) electrons. The summed E-state index contributed by atoms with van der Waals surface area (Å²) in [6.45, 7) is 0.571. The lowest BCUT2D eigenvalue weighted by molar-refractivity contribution is 0.0981. The van der Waals surface area contributed by atoms with E-state index in [0.29, 0.717) is 16.7 Å². The standard InChI is InChI=1S/C16H14BrFN2O/c17-10-6-7-13(18)12(9-10)16(21)20-8-2-3-11-14(19)4-1-5-15(11)20/h1,4-7,9H,2-3,8,19H2. The van der Waals surface area contributed by atoms with Gasteiger partial charge >= 0.3 is 0 Å². The van der Waals surface area contributed by atoms with Gasteiger partial charge in [-0.1, -0.05) is 22.0 Å². The third kappa shape index (κ3) is 2.53. The number of benzene rings is 2. The molecule has 108 valence electrons. The molecule has 0 fully saturated rings. The van der Waals surface area contributed by atoms with Crippen LogP contribution in [0.2, 0.25) is 0 Å². The zero-order valence-corrected chi connectivity index (χ0v) is 12.9. The van der Waals surface area contributed by atoms with Crippen molar-refractivity contribution in [2.24, 2.45) is 0 Å². The van der Waals surface area contributed by atoms with E-state index >= 15 is 0 Å². The van der Waals surface area contributed by atoms with E-state index in [1.807, 2.05) is 18.2 Å². The number of carbonyl (C=O) groups is 1. The molecular formula is C16H14BrFN2O. The summed E-state index contributed by atoms with van der Waals surface area (Å²) in [5.74, 6) is -0.848. The van der Waals surface area contributed by atoms with Crippen LogP contribution in [0.4, 0.5) is 15.8 Å². The first-order valence-corrected chi connectivity index (χ1v) is 7.51. The van der Waals surface area contributed by atoms with E-state index < -0.39 is 5.82 Å². The molecule has 1 heterocycles. The lowest BCUT2D eigenvalue weighted by Gasteiger charge is -2.30. The van der Waals surface area contributed by atoms with Gasteiger partial charge in [0.2, 0.25) is 0 Å². The van der Waals surface area contributed by atoms with E-state index in [9.17, 15) is 9.18 Å². The van der Waals surface area contributed by atoms with Gasteiger partial charge in [-0.05, 0) is 48.7 Å². The molecule has 3 nitrogen and oxygen atoms in total. The Morgan fingerprint density at radius 3 is 2.90 bits per heavy atom. The first kappa shape index (κ1) is 14.1. The average Bonchev–Trinajstić information content (AvgIpc) is 2.49. The average molecular weight is 349 g/mol. The Balaban J connectivity index is 2.04. The SMILES string of the molecule is Nc1cccc2c1CCCN2C(=O)c1cc(Br)ccc1F. The fraction of sp³-hybridized carbons (Fsp3) is 0.188. The molecule has 1 aliphatic rings. The lowest BCUT2D eigenvalue weighted by atomic mass is 9.99. The quantitative estimate of drug-likeness (QED) is 0.797. The molecule has 0 aliphatic carbocycles. The van der Waals surface area contributed by atoms with Crippen LogP contribution in [0.3, 0.4) is 0 Å². The highest BCUT2D eigenvalue weighted by Gasteiger charge is 2.26. The van der Waals surface area contributed by atoms with Crippen LogP contribution in [0, 0.1) is 5.82 Å². The number of nitrogen functional groups attached to an aromatic ring is 1. The Hall–Kier alpha value is -1.88. The van der Waals surface area contributed by atoms with Crippen LogP contribution in [-0.2, 0) is 6.42 Å². The molecule has 0 saturated carbocycles. The topological polar surface area (TPSA) is 46.3 Å². The van der Waals surface area contributed by atoms with E-state index in [0.717, 1.165) is 24.1 Å². The smallest absolute Gasteiger partial charge is 0.261 e. The van der Waals surface area contributed by atoms with Crippen molar-refractivity contribution < 1.29 is 9.18 Å². The second-order valence-corrected chi connectivity index (χ2v) is 5.95. The molecule has 0 spiro atoms. The molecule has 1 aliphatic heterocycles. The van der Waals surface area contributed by atoms with Crippen LogP contribution < -0.4 is 10.6 Å². The highest BCUT2D eigenvalue weighted by atomic mass is 79.9. The number of carbonyl (C=O) groups excluding carboxylic acids is 1. The second-order valence-electron chi connectivity index (χ2n) is 5.03. The number of hydrogen-bond acceptors (Lipinski definition) is 2. The molecule has 1 amide bonds. The molecule has 0 bridgehead atoms. The summed E-state index contributed by atoms with van der Waals surface area (Å²) in [5.41, 5.74) is 8.47. The molecule has 5 heteroatoms. The van der Waals surface area contributed by atoms with E-state index in [1.165, 1.54) is 12.1 Å². The molecule has 0 atom stereocenters. The second kappa shape index (κ2) is 5.48. The monoisotopic (exact) mass is 348 g/mol. The predicted molar refractivity (Wildman–Crippen MR) is 85.0 cm³/mol. The lowest BCUT2D eigenvalue weighted by Crippen LogP contribution is -2.36. The minimum atomic E-state index is -0.515. The van der Waals surface area contributed by atoms with Crippen LogP contribution in [0.25, 0.3) is 0 Å². The van der Waals surface area contributed by atoms with Crippen LogP contribution >= 0.6 is 15.9 Å². The summed E-state index contributed by atoms with van der Waals surface area (Å²) in [4.78, 5) is 14.3. The van der Waals surface area contributed by atoms with Gasteiger partial charge in [0.05, 0.1) is 5.56 Å². The predicted octanol–water partition coefficient (Wildman–Crippen LogP) is 3.76. The van der Waals surface area contributed by atoms with Crippen molar-refractivity contribution in [3.05, 3.63) is 57.8 Å². The fourth-order valence-electron chi connectivity index (χ4n) is 2.67. The number of nitrogens with two attached hydrogens (primary N) is 1. The van der Waals surface area contributed by atoms with Crippen molar-refractivity contribution in [2.45, 2.75) is 12.8 Å². The maximum absolute atomic E-state index is 13.9. The summed E-state index contributed by atoms with van der Waals surface area (Å²) < 4.78 is 14.6. The third-order valence-electron chi connectivity index (χ3n) is 3.69. The Labute approximate surface area is 130 Å². The summed E-state index contributed by atoms with van der Waals surface area (Å²) in [6, 6.07) is 9.89. The Morgan fingerprint density at radius 2 is 2.10 bits per heavy atom. The Bertz CT molecular complexity index is 717. The van der Waals surface area contributed by atoms with Gasteiger partial charge in [-0.2, -0.15) is 0 Å². The van der Waals surface area contributed by atoms with Gasteiger partial charge in [0, 0.05) is 22.4 Å². The van der Waals surface area contributed by atoms with Crippen LogP contribution in [-0.4, -0.2) is 12.5 Å². The molecule has 2 N–H and O–H groups in total. The van der Waals surface area contributed by atoms with Gasteiger partial charge in [0.1, 0.15) is 5.82 Å². The molecular weight excluding hydrogens is 335 g/mol. The van der Waals surface area contributed by atoms with E-state index in [1.54, 1.807) is 11.0 Å². The van der Waals surface area contributed by atoms with Crippen molar-refractivity contribution >= 4 is 33.2 Å². The van der Waals surface area contributed by atoms with Crippen molar-refractivity contribution in [2.75, 3.05) is 17.2 Å². The number of halogens is 2. The summed E-state index contributed by atoms with van der Waals surface area (Å²) in [5, 5.41) is 0. The number of rotatable bonds is 1. The van der Waals surface area contributed by atoms with Crippen LogP contribution in [0.5, 0.6) is 0 Å². The normalized spacial score (nSPS) is 13.9. The van der Waals surface area contributed by atoms with E-state index in [2.05, 4.69) is 15.9 Å². The minimum Gasteiger partial charge on any atom is -0.398 e. The van der Waals surface area contributed by atoms with Gasteiger partial charge in [0.25, 0.3) is 5.91 Å². The zero-order valence-electron chi connectivity index (χ0n) is 11.3. The number of nitrogens with zero attached hydrogens (tertiary/aromatic N) is 1. The number of anilines is 2. The van der Waals surface area contributed by atoms with Gasteiger partial charge < -0.3 is 10.6 Å². The first-order chi connectivity index (χ1) is 10.1. The zero-order chi connectivity index (χ0) is 15.0. The van der Waals surface area contributed by atoms with Gasteiger partial charge in [-0.15, -0.1) is 0 Å². The van der Waals surface area contributed by atoms with Crippen molar-refractivity contribution in [1.82, 2.24) is 0 Å². The molecule has 3 rings (SSSR count). The van der Waals surface area contributed by atoms with Crippen molar-refractivity contribution in [3.8, 4) is 0 Å². The van der Waals surface area contributed by atoms with Crippen molar-refractivity contribution in [3.63, 3.8) is 0 Å². The maximum atomic E-state index is 13.9. The minimum absolute atomic E-state index is 0.0691. The maximum Gasteiger partial charge on any atom is 0.261 e. The summed E-state index contributed by atoms with van der Waals surface area (Å²) >= 11 is 3.27. The van der Waals surface area contributed by atoms with E-state index in [4.69, 9.17) is 5.73 Å². The number of hydrogen-bond donors (Lipinski definition) is 1. The summed E-state index contributed by atoms with van der Waals surface area (Å²) in [7, 11) is 0. The molecule has 0 aromatic heterocycles. The first-order valence-electron chi connectivity index (χ1n) is 6.72.